The molecule has 0 fully saturated rings. The summed E-state index contributed by atoms with van der Waals surface area (Å²) >= 11 is 0. The van der Waals surface area contributed by atoms with Crippen LogP contribution < -0.4 is 5.73 Å². The summed E-state index contributed by atoms with van der Waals surface area (Å²) in [5, 5.41) is 8.83. The lowest BCUT2D eigenvalue weighted by Crippen LogP contribution is -2.21. The minimum atomic E-state index is -1.07. The largest absolute Gasteiger partial charge is 0.480 e. The Balaban J connectivity index is 2.67. The van der Waals surface area contributed by atoms with E-state index in [2.05, 4.69) is 4.98 Å². The monoisotopic (exact) mass is 205 g/mol. The summed E-state index contributed by atoms with van der Waals surface area (Å²) in [6.07, 6.45) is 3.38. The number of fused-ring (bicyclic) bond motifs is 1. The van der Waals surface area contributed by atoms with Crippen molar-refractivity contribution in [3.8, 4) is 0 Å². The molecule has 2 rings (SSSR count). The number of imidazole rings is 1. The van der Waals surface area contributed by atoms with Gasteiger partial charge >= 0.3 is 5.97 Å². The first-order valence-electron chi connectivity index (χ1n) is 4.52. The Morgan fingerprint density at radius 2 is 2.40 bits per heavy atom. The van der Waals surface area contributed by atoms with Gasteiger partial charge in [0.25, 0.3) is 0 Å². The Morgan fingerprint density at radius 1 is 1.67 bits per heavy atom. The molecule has 0 saturated carbocycles. The van der Waals surface area contributed by atoms with Crippen LogP contribution in [0.5, 0.6) is 0 Å². The first kappa shape index (κ1) is 9.67. The van der Waals surface area contributed by atoms with Gasteiger partial charge in [-0.1, -0.05) is 6.07 Å². The van der Waals surface area contributed by atoms with Crippen molar-refractivity contribution in [3.63, 3.8) is 0 Å². The van der Waals surface area contributed by atoms with Crippen molar-refractivity contribution >= 4 is 11.5 Å². The molecule has 0 aromatic carbocycles. The Kier molecular flexibility index (Phi) is 2.17. The number of rotatable bonds is 2. The van der Waals surface area contributed by atoms with Crippen LogP contribution in [0.3, 0.4) is 0 Å². The van der Waals surface area contributed by atoms with Crippen LogP contribution in [0.15, 0.2) is 24.7 Å². The van der Waals surface area contributed by atoms with Crippen molar-refractivity contribution in [1.82, 2.24) is 9.38 Å². The van der Waals surface area contributed by atoms with E-state index in [4.69, 9.17) is 10.8 Å². The van der Waals surface area contributed by atoms with E-state index >= 15 is 0 Å². The van der Waals surface area contributed by atoms with E-state index in [1.165, 1.54) is 0 Å². The van der Waals surface area contributed by atoms with Gasteiger partial charge in [0.05, 0.1) is 17.5 Å². The molecule has 78 valence electrons. The van der Waals surface area contributed by atoms with E-state index in [-0.39, 0.29) is 0 Å². The molecule has 0 amide bonds. The van der Waals surface area contributed by atoms with Crippen LogP contribution >= 0.6 is 0 Å². The zero-order valence-corrected chi connectivity index (χ0v) is 8.21. The van der Waals surface area contributed by atoms with Crippen molar-refractivity contribution in [2.45, 2.75) is 13.0 Å². The molecule has 15 heavy (non-hydrogen) atoms. The van der Waals surface area contributed by atoms with E-state index in [9.17, 15) is 4.79 Å². The van der Waals surface area contributed by atoms with Crippen molar-refractivity contribution in [2.24, 2.45) is 5.73 Å². The van der Waals surface area contributed by atoms with Crippen LogP contribution in [-0.4, -0.2) is 20.5 Å². The topological polar surface area (TPSA) is 80.6 Å². The number of nitrogens with zero attached hydrogens (tertiary/aromatic N) is 2. The molecule has 0 bridgehead atoms. The van der Waals surface area contributed by atoms with Crippen LogP contribution in [-0.2, 0) is 4.79 Å². The first-order chi connectivity index (χ1) is 7.11. The van der Waals surface area contributed by atoms with E-state index in [0.717, 1.165) is 11.1 Å². The maximum Gasteiger partial charge on any atom is 0.326 e. The van der Waals surface area contributed by atoms with Crippen molar-refractivity contribution in [3.05, 3.63) is 35.9 Å². The third-order valence-corrected chi connectivity index (χ3v) is 2.35. The molecule has 0 saturated heterocycles. The molecule has 0 spiro atoms. The summed E-state index contributed by atoms with van der Waals surface area (Å²) in [6.45, 7) is 1.90. The SMILES string of the molecule is Cc1cccn2cnc(C(N)C(=O)O)c12. The molecule has 2 heterocycles. The number of nitrogens with two attached hydrogens (primary N) is 1. The lowest BCUT2D eigenvalue weighted by molar-refractivity contribution is -0.138. The Labute approximate surface area is 86.2 Å². The fraction of sp³-hybridized carbons (Fsp3) is 0.200. The molecule has 0 aliphatic rings. The number of aromatic nitrogens is 2. The van der Waals surface area contributed by atoms with Gasteiger partial charge in [-0.2, -0.15) is 0 Å². The van der Waals surface area contributed by atoms with E-state index in [0.29, 0.717) is 5.69 Å². The van der Waals surface area contributed by atoms with Gasteiger partial charge in [0.2, 0.25) is 0 Å². The molecule has 5 nitrogen and oxygen atoms in total. The van der Waals surface area contributed by atoms with Gasteiger partial charge in [-0.05, 0) is 18.6 Å². The fourth-order valence-corrected chi connectivity index (χ4v) is 1.60. The van der Waals surface area contributed by atoms with E-state index < -0.39 is 12.0 Å². The van der Waals surface area contributed by atoms with Crippen LogP contribution in [0.4, 0.5) is 0 Å². The highest BCUT2D eigenvalue weighted by molar-refractivity contribution is 5.78. The first-order valence-corrected chi connectivity index (χ1v) is 4.52. The van der Waals surface area contributed by atoms with Gasteiger partial charge in [-0.15, -0.1) is 0 Å². The van der Waals surface area contributed by atoms with Crippen molar-refractivity contribution < 1.29 is 9.90 Å². The van der Waals surface area contributed by atoms with Crippen LogP contribution in [0, 0.1) is 6.92 Å². The number of aliphatic carboxylic acids is 1. The highest BCUT2D eigenvalue weighted by Crippen LogP contribution is 2.19. The van der Waals surface area contributed by atoms with Crippen molar-refractivity contribution in [2.75, 3.05) is 0 Å². The molecular formula is C10H11N3O2. The second kappa shape index (κ2) is 3.36. The van der Waals surface area contributed by atoms with Crippen LogP contribution in [0.2, 0.25) is 0 Å². The van der Waals surface area contributed by atoms with Crippen molar-refractivity contribution in [1.29, 1.82) is 0 Å². The predicted molar refractivity (Wildman–Crippen MR) is 54.5 cm³/mol. The Morgan fingerprint density at radius 3 is 3.07 bits per heavy atom. The summed E-state index contributed by atoms with van der Waals surface area (Å²) in [6, 6.07) is 2.70. The van der Waals surface area contributed by atoms with Gasteiger partial charge in [0, 0.05) is 6.20 Å². The van der Waals surface area contributed by atoms with Crippen LogP contribution in [0.1, 0.15) is 17.3 Å². The molecule has 5 heteroatoms. The van der Waals surface area contributed by atoms with Gasteiger partial charge in [-0.25, -0.2) is 4.98 Å². The normalized spacial score (nSPS) is 12.9. The summed E-state index contributed by atoms with van der Waals surface area (Å²) in [5.41, 5.74) is 7.68. The second-order valence-electron chi connectivity index (χ2n) is 3.39. The molecule has 1 atom stereocenters. The van der Waals surface area contributed by atoms with Gasteiger partial charge in [-0.3, -0.25) is 4.79 Å². The fourth-order valence-electron chi connectivity index (χ4n) is 1.60. The standard InChI is InChI=1S/C10H11N3O2/c1-6-3-2-4-13-5-12-8(9(6)13)7(11)10(14)15/h2-5,7H,11H2,1H3,(H,14,15). The van der Waals surface area contributed by atoms with E-state index in [1.807, 2.05) is 25.3 Å². The average molecular weight is 205 g/mol. The highest BCUT2D eigenvalue weighted by atomic mass is 16.4. The number of pyridine rings is 1. The quantitative estimate of drug-likeness (QED) is 0.757. The molecule has 2 aromatic heterocycles. The highest BCUT2D eigenvalue weighted by Gasteiger charge is 2.20. The second-order valence-corrected chi connectivity index (χ2v) is 3.39. The average Bonchev–Trinajstić information content (AvgIpc) is 2.61. The number of carboxylic acid groups (broad SMARTS) is 1. The Hall–Kier alpha value is -1.88. The molecule has 1 unspecified atom stereocenters. The molecular weight excluding hydrogens is 194 g/mol. The zero-order chi connectivity index (χ0) is 11.0. The van der Waals surface area contributed by atoms with Gasteiger partial charge < -0.3 is 15.2 Å². The zero-order valence-electron chi connectivity index (χ0n) is 8.21. The Bertz CT molecular complexity index is 518. The summed E-state index contributed by atoms with van der Waals surface area (Å²) in [7, 11) is 0. The third-order valence-electron chi connectivity index (χ3n) is 2.35. The van der Waals surface area contributed by atoms with Gasteiger partial charge in [0.15, 0.2) is 0 Å². The smallest absolute Gasteiger partial charge is 0.326 e. The minimum Gasteiger partial charge on any atom is -0.480 e. The number of aryl methyl sites for hydroxylation is 1. The summed E-state index contributed by atoms with van der Waals surface area (Å²) in [5.74, 6) is -1.07. The maximum atomic E-state index is 10.8. The molecule has 0 aliphatic carbocycles. The number of hydrogen-bond donors (Lipinski definition) is 2. The summed E-state index contributed by atoms with van der Waals surface area (Å²) < 4.78 is 1.77. The predicted octanol–water partition coefficient (Wildman–Crippen LogP) is 0.727. The molecule has 0 radical (unpaired) electrons. The maximum absolute atomic E-state index is 10.8. The van der Waals surface area contributed by atoms with Crippen LogP contribution in [0.25, 0.3) is 5.52 Å². The minimum absolute atomic E-state index is 0.403. The molecule has 0 aliphatic heterocycles. The lowest BCUT2D eigenvalue weighted by atomic mass is 10.1. The van der Waals surface area contributed by atoms with Gasteiger partial charge in [0.1, 0.15) is 6.04 Å². The van der Waals surface area contributed by atoms with E-state index in [1.54, 1.807) is 10.7 Å². The molecule has 3 N–H and O–H groups in total. The lowest BCUT2D eigenvalue weighted by Gasteiger charge is -2.05. The number of hydrogen-bond acceptors (Lipinski definition) is 3. The molecule has 2 aromatic rings. The number of carboxylic acids is 1. The summed E-state index contributed by atoms with van der Waals surface area (Å²) in [4.78, 5) is 14.8. The number of carbonyl (C=O) groups is 1. The third kappa shape index (κ3) is 1.46.